The number of nitrogens with one attached hydrogen (secondary N) is 1. The summed E-state index contributed by atoms with van der Waals surface area (Å²) in [5, 5.41) is 4.02. The smallest absolute Gasteiger partial charge is 0.263 e. The number of carbonyl (C=O) groups excluding carboxylic acids is 1. The number of hydrogen-bond donors (Lipinski definition) is 3. The van der Waals surface area contributed by atoms with Gasteiger partial charge >= 0.3 is 0 Å². The Kier molecular flexibility index (Phi) is 5.50. The lowest BCUT2D eigenvalue weighted by Gasteiger charge is -2.29. The van der Waals surface area contributed by atoms with Gasteiger partial charge in [-0.2, -0.15) is 0 Å². The Morgan fingerprint density at radius 3 is 2.84 bits per heavy atom. The van der Waals surface area contributed by atoms with Crippen LogP contribution in [0, 0.1) is 6.92 Å². The number of pyridine rings is 1. The normalized spacial score (nSPS) is 23.2. The molecule has 1 aliphatic carbocycles. The molecule has 0 radical (unpaired) electrons. The lowest BCUT2D eigenvalue weighted by Crippen LogP contribution is -2.45. The topological polar surface area (TPSA) is 110 Å². The Morgan fingerprint density at radius 2 is 2.09 bits per heavy atom. The molecular weight excluding hydrogens is 454 g/mol. The Bertz CT molecular complexity index is 1180. The number of thiophene rings is 1. The van der Waals surface area contributed by atoms with Gasteiger partial charge in [0, 0.05) is 24.3 Å². The zero-order valence-corrected chi connectivity index (χ0v) is 19.1. The van der Waals surface area contributed by atoms with Crippen molar-refractivity contribution in [2.75, 3.05) is 17.2 Å². The van der Waals surface area contributed by atoms with Crippen LogP contribution in [0.4, 0.5) is 20.3 Å². The van der Waals surface area contributed by atoms with Gasteiger partial charge in [-0.1, -0.05) is 6.07 Å². The number of halogens is 2. The van der Waals surface area contributed by atoms with Gasteiger partial charge in [0.1, 0.15) is 21.6 Å². The molecule has 1 fully saturated rings. The molecule has 3 unspecified atom stereocenters. The van der Waals surface area contributed by atoms with Crippen molar-refractivity contribution in [3.63, 3.8) is 0 Å². The summed E-state index contributed by atoms with van der Waals surface area (Å²) in [4.78, 5) is 24.9. The van der Waals surface area contributed by atoms with Crippen LogP contribution in [0.15, 0.2) is 12.1 Å². The van der Waals surface area contributed by atoms with E-state index < -0.39 is 18.5 Å². The predicted octanol–water partition coefficient (Wildman–Crippen LogP) is 3.10. The number of nitrogen functional groups attached to an aromatic ring is 1. The highest BCUT2D eigenvalue weighted by molar-refractivity contribution is 7.29. The van der Waals surface area contributed by atoms with Gasteiger partial charge in [-0.25, -0.2) is 18.7 Å². The number of nitrogens with zero attached hydrogens (tertiary/aromatic N) is 3. The lowest BCUT2D eigenvalue weighted by molar-refractivity contribution is 0.0938. The maximum absolute atomic E-state index is 13.5. The molecule has 1 aliphatic heterocycles. The van der Waals surface area contributed by atoms with Crippen LogP contribution in [0.2, 0.25) is 0 Å². The SMILES string of the molecule is Cc1nc2sc(C(=O)NC3CCc4nc(N5CCC(N)C5C(F)F)ccc4C3)c(N)c2s1. The van der Waals surface area contributed by atoms with Gasteiger partial charge in [0.05, 0.1) is 15.4 Å². The largest absolute Gasteiger partial charge is 0.396 e. The average Bonchev–Trinajstić information content (AvgIpc) is 3.41. The van der Waals surface area contributed by atoms with Crippen LogP contribution >= 0.6 is 22.7 Å². The monoisotopic (exact) mass is 478 g/mol. The third kappa shape index (κ3) is 3.71. The molecule has 1 amide bonds. The molecule has 0 aromatic carbocycles. The van der Waals surface area contributed by atoms with Crippen molar-refractivity contribution in [3.05, 3.63) is 33.3 Å². The fraction of sp³-hybridized carbons (Fsp3) is 0.476. The highest BCUT2D eigenvalue weighted by Crippen LogP contribution is 2.37. The van der Waals surface area contributed by atoms with E-state index in [1.807, 2.05) is 13.0 Å². The van der Waals surface area contributed by atoms with E-state index in [-0.39, 0.29) is 11.9 Å². The van der Waals surface area contributed by atoms with Crippen LogP contribution in [0.3, 0.4) is 0 Å². The summed E-state index contributed by atoms with van der Waals surface area (Å²) in [6.07, 6.45) is 0.0561. The number of aromatic nitrogens is 2. The molecule has 2 aliphatic rings. The van der Waals surface area contributed by atoms with Crippen molar-refractivity contribution < 1.29 is 13.6 Å². The Balaban J connectivity index is 1.29. The molecule has 3 aromatic rings. The number of thiazole rings is 1. The molecule has 11 heteroatoms. The van der Waals surface area contributed by atoms with Crippen LogP contribution < -0.4 is 21.7 Å². The summed E-state index contributed by atoms with van der Waals surface area (Å²) in [5.41, 5.74) is 14.5. The molecule has 32 heavy (non-hydrogen) atoms. The predicted molar refractivity (Wildman–Crippen MR) is 124 cm³/mol. The number of anilines is 2. The van der Waals surface area contributed by atoms with Crippen molar-refractivity contribution in [1.82, 2.24) is 15.3 Å². The minimum Gasteiger partial charge on any atom is -0.396 e. The van der Waals surface area contributed by atoms with Crippen molar-refractivity contribution in [2.24, 2.45) is 5.73 Å². The van der Waals surface area contributed by atoms with Gasteiger partial charge in [-0.3, -0.25) is 4.79 Å². The second-order valence-corrected chi connectivity index (χ2v) is 10.6. The third-order valence-electron chi connectivity index (χ3n) is 6.24. The van der Waals surface area contributed by atoms with Crippen molar-refractivity contribution in [1.29, 1.82) is 0 Å². The molecule has 0 spiro atoms. The maximum atomic E-state index is 13.5. The maximum Gasteiger partial charge on any atom is 0.263 e. The first-order chi connectivity index (χ1) is 15.3. The molecule has 5 N–H and O–H groups in total. The molecule has 170 valence electrons. The molecule has 7 nitrogen and oxygen atoms in total. The van der Waals surface area contributed by atoms with E-state index in [4.69, 9.17) is 11.5 Å². The van der Waals surface area contributed by atoms with Crippen molar-refractivity contribution in [2.45, 2.75) is 57.2 Å². The number of fused-ring (bicyclic) bond motifs is 2. The average molecular weight is 479 g/mol. The molecule has 0 saturated carbocycles. The standard InChI is InChI=1S/C21H24F2N6OS2/c1-9-26-21-18(31-9)15(25)17(32-21)20(30)27-11-3-4-13-10(8-11)2-5-14(28-13)29-7-6-12(24)16(29)19(22)23/h2,5,11-12,16,19H,3-4,6-8,24-25H2,1H3,(H,27,30). The van der Waals surface area contributed by atoms with Crippen LogP contribution in [0.1, 0.15) is 38.8 Å². The van der Waals surface area contributed by atoms with Crippen LogP contribution in [0.5, 0.6) is 0 Å². The van der Waals surface area contributed by atoms with E-state index >= 15 is 0 Å². The van der Waals surface area contributed by atoms with Crippen LogP contribution in [-0.4, -0.2) is 47.0 Å². The minimum atomic E-state index is -2.51. The lowest BCUT2D eigenvalue weighted by atomic mass is 9.91. The molecular formula is C21H24F2N6OS2. The Labute approximate surface area is 191 Å². The highest BCUT2D eigenvalue weighted by atomic mass is 32.1. The number of hydrogen-bond acceptors (Lipinski definition) is 8. The Hall–Kier alpha value is -2.37. The minimum absolute atomic E-state index is 0.0362. The van der Waals surface area contributed by atoms with Gasteiger partial charge < -0.3 is 21.7 Å². The molecule has 1 saturated heterocycles. The van der Waals surface area contributed by atoms with Gasteiger partial charge in [0.2, 0.25) is 0 Å². The molecule has 4 heterocycles. The molecule has 5 rings (SSSR count). The van der Waals surface area contributed by atoms with E-state index in [9.17, 15) is 13.6 Å². The summed E-state index contributed by atoms with van der Waals surface area (Å²) in [6.45, 7) is 2.40. The first kappa shape index (κ1) is 21.5. The fourth-order valence-electron chi connectivity index (χ4n) is 4.63. The molecule has 3 atom stereocenters. The number of amides is 1. The van der Waals surface area contributed by atoms with Crippen LogP contribution in [0.25, 0.3) is 9.53 Å². The second kappa shape index (κ2) is 8.20. The number of aryl methyl sites for hydroxylation is 2. The Morgan fingerprint density at radius 1 is 1.28 bits per heavy atom. The van der Waals surface area contributed by atoms with E-state index in [1.165, 1.54) is 22.7 Å². The van der Waals surface area contributed by atoms with E-state index in [2.05, 4.69) is 15.3 Å². The molecule has 0 bridgehead atoms. The summed E-state index contributed by atoms with van der Waals surface area (Å²) in [7, 11) is 0. The van der Waals surface area contributed by atoms with E-state index in [1.54, 1.807) is 11.0 Å². The summed E-state index contributed by atoms with van der Waals surface area (Å²) in [6, 6.07) is 2.14. The summed E-state index contributed by atoms with van der Waals surface area (Å²) >= 11 is 2.81. The number of alkyl halides is 2. The van der Waals surface area contributed by atoms with Gasteiger partial charge in [-0.05, 0) is 44.2 Å². The van der Waals surface area contributed by atoms with Gasteiger partial charge in [0.15, 0.2) is 0 Å². The van der Waals surface area contributed by atoms with E-state index in [0.29, 0.717) is 42.2 Å². The van der Waals surface area contributed by atoms with Crippen molar-refractivity contribution in [3.8, 4) is 0 Å². The first-order valence-electron chi connectivity index (χ1n) is 10.6. The van der Waals surface area contributed by atoms with Gasteiger partial charge in [-0.15, -0.1) is 22.7 Å². The number of rotatable bonds is 4. The van der Waals surface area contributed by atoms with Crippen LogP contribution in [-0.2, 0) is 12.8 Å². The highest BCUT2D eigenvalue weighted by Gasteiger charge is 2.39. The quantitative estimate of drug-likeness (QED) is 0.532. The summed E-state index contributed by atoms with van der Waals surface area (Å²) < 4.78 is 27.8. The second-order valence-electron chi connectivity index (χ2n) is 8.37. The molecule has 3 aromatic heterocycles. The van der Waals surface area contributed by atoms with Gasteiger partial charge in [0.25, 0.3) is 12.3 Å². The number of carbonyl (C=O) groups is 1. The zero-order chi connectivity index (χ0) is 22.6. The van der Waals surface area contributed by atoms with E-state index in [0.717, 1.165) is 32.2 Å². The number of nitrogens with two attached hydrogens (primary N) is 2. The first-order valence-corrected chi connectivity index (χ1v) is 12.2. The zero-order valence-electron chi connectivity index (χ0n) is 17.5. The van der Waals surface area contributed by atoms with Crippen molar-refractivity contribution >= 4 is 49.6 Å². The fourth-order valence-corrected chi connectivity index (χ4v) is 6.73. The summed E-state index contributed by atoms with van der Waals surface area (Å²) in [5.74, 6) is 0.373. The third-order valence-corrected chi connectivity index (χ3v) is 8.47.